The van der Waals surface area contributed by atoms with Gasteiger partial charge < -0.3 is 15.0 Å². The summed E-state index contributed by atoms with van der Waals surface area (Å²) in [4.78, 5) is 8.46. The summed E-state index contributed by atoms with van der Waals surface area (Å²) < 4.78 is 6.94. The molecule has 0 unspecified atom stereocenters. The zero-order valence-corrected chi connectivity index (χ0v) is 10.2. The van der Waals surface area contributed by atoms with Crippen molar-refractivity contribution in [1.29, 1.82) is 0 Å². The molecule has 0 aromatic carbocycles. The first kappa shape index (κ1) is 11.4. The highest BCUT2D eigenvalue weighted by molar-refractivity contribution is 5.69. The minimum absolute atomic E-state index is 0.294. The number of hydrogen-bond acceptors (Lipinski definition) is 4. The molecule has 17 heavy (non-hydrogen) atoms. The predicted octanol–water partition coefficient (Wildman–Crippen LogP) is 2.12. The van der Waals surface area contributed by atoms with Gasteiger partial charge in [-0.2, -0.15) is 0 Å². The molecule has 2 aromatic rings. The molecule has 0 amide bonds. The van der Waals surface area contributed by atoms with Crippen LogP contribution in [0.25, 0.3) is 11.3 Å². The summed E-state index contributed by atoms with van der Waals surface area (Å²) in [5, 5.41) is 0. The number of aromatic nitrogens is 3. The van der Waals surface area contributed by atoms with E-state index in [2.05, 4.69) is 23.8 Å². The number of nitrogens with zero attached hydrogens (tertiary/aromatic N) is 3. The van der Waals surface area contributed by atoms with Crippen LogP contribution < -0.4 is 10.5 Å². The second kappa shape index (κ2) is 4.45. The Balaban J connectivity index is 2.39. The SMILES string of the molecule is COc1ccc(-c2ncn(C(C)C)c2N)cn1. The van der Waals surface area contributed by atoms with Crippen LogP contribution in [0.4, 0.5) is 5.82 Å². The summed E-state index contributed by atoms with van der Waals surface area (Å²) in [5.74, 6) is 1.24. The van der Waals surface area contributed by atoms with E-state index in [0.29, 0.717) is 17.7 Å². The predicted molar refractivity (Wildman–Crippen MR) is 66.8 cm³/mol. The number of rotatable bonds is 3. The van der Waals surface area contributed by atoms with E-state index in [-0.39, 0.29) is 0 Å². The Morgan fingerprint density at radius 3 is 2.53 bits per heavy atom. The quantitative estimate of drug-likeness (QED) is 0.880. The maximum absolute atomic E-state index is 6.05. The zero-order chi connectivity index (χ0) is 12.4. The minimum atomic E-state index is 0.294. The second-order valence-corrected chi connectivity index (χ2v) is 4.07. The molecule has 0 aliphatic carbocycles. The fraction of sp³-hybridized carbons (Fsp3) is 0.333. The molecule has 5 nitrogen and oxygen atoms in total. The van der Waals surface area contributed by atoms with E-state index in [1.54, 1.807) is 25.7 Å². The summed E-state index contributed by atoms with van der Waals surface area (Å²) in [6, 6.07) is 3.99. The number of nitrogens with two attached hydrogens (primary N) is 1. The zero-order valence-electron chi connectivity index (χ0n) is 10.2. The van der Waals surface area contributed by atoms with Crippen molar-refractivity contribution in [3.8, 4) is 17.1 Å². The van der Waals surface area contributed by atoms with Crippen molar-refractivity contribution >= 4 is 5.82 Å². The maximum atomic E-state index is 6.05. The van der Waals surface area contributed by atoms with Gasteiger partial charge in [-0.15, -0.1) is 0 Å². The molecule has 0 saturated carbocycles. The molecule has 2 rings (SSSR count). The average molecular weight is 232 g/mol. The third kappa shape index (κ3) is 2.08. The Morgan fingerprint density at radius 2 is 2.06 bits per heavy atom. The Bertz CT molecular complexity index is 502. The summed E-state index contributed by atoms with van der Waals surface area (Å²) >= 11 is 0. The van der Waals surface area contributed by atoms with Gasteiger partial charge in [-0.1, -0.05) is 0 Å². The van der Waals surface area contributed by atoms with Crippen LogP contribution in [0.3, 0.4) is 0 Å². The average Bonchev–Trinajstić information content (AvgIpc) is 2.71. The van der Waals surface area contributed by atoms with Crippen molar-refractivity contribution in [2.75, 3.05) is 12.8 Å². The third-order valence-corrected chi connectivity index (χ3v) is 2.61. The molecule has 0 atom stereocenters. The summed E-state index contributed by atoms with van der Waals surface area (Å²) in [6.07, 6.45) is 3.46. The molecule has 0 aliphatic heterocycles. The Kier molecular flexibility index (Phi) is 2.99. The van der Waals surface area contributed by atoms with Crippen LogP contribution in [0.2, 0.25) is 0 Å². The van der Waals surface area contributed by atoms with E-state index >= 15 is 0 Å². The first-order valence-electron chi connectivity index (χ1n) is 5.46. The van der Waals surface area contributed by atoms with Gasteiger partial charge in [0.1, 0.15) is 11.5 Å². The van der Waals surface area contributed by atoms with E-state index in [4.69, 9.17) is 10.5 Å². The van der Waals surface area contributed by atoms with E-state index in [1.165, 1.54) is 0 Å². The molecule has 2 heterocycles. The molecule has 2 aromatic heterocycles. The molecular weight excluding hydrogens is 216 g/mol. The summed E-state index contributed by atoms with van der Waals surface area (Å²) in [6.45, 7) is 4.13. The van der Waals surface area contributed by atoms with Crippen LogP contribution in [0.5, 0.6) is 5.88 Å². The van der Waals surface area contributed by atoms with Gasteiger partial charge in [0.2, 0.25) is 5.88 Å². The van der Waals surface area contributed by atoms with Gasteiger partial charge >= 0.3 is 0 Å². The van der Waals surface area contributed by atoms with Crippen molar-refractivity contribution in [2.45, 2.75) is 19.9 Å². The van der Waals surface area contributed by atoms with Crippen LogP contribution >= 0.6 is 0 Å². The minimum Gasteiger partial charge on any atom is -0.481 e. The first-order chi connectivity index (χ1) is 8.13. The van der Waals surface area contributed by atoms with E-state index in [0.717, 1.165) is 11.3 Å². The molecule has 2 N–H and O–H groups in total. The monoisotopic (exact) mass is 232 g/mol. The van der Waals surface area contributed by atoms with Gasteiger partial charge in [0.25, 0.3) is 0 Å². The smallest absolute Gasteiger partial charge is 0.212 e. The molecule has 0 aliphatic rings. The molecule has 0 spiro atoms. The Hall–Kier alpha value is -2.04. The van der Waals surface area contributed by atoms with Crippen molar-refractivity contribution in [2.24, 2.45) is 0 Å². The lowest BCUT2D eigenvalue weighted by molar-refractivity contribution is 0.398. The summed E-state index contributed by atoms with van der Waals surface area (Å²) in [7, 11) is 1.59. The number of nitrogen functional groups attached to an aromatic ring is 1. The fourth-order valence-electron chi connectivity index (χ4n) is 1.65. The standard InChI is InChI=1S/C12H16N4O/c1-8(2)16-7-15-11(12(16)13)9-4-5-10(17-3)14-6-9/h4-8H,13H2,1-3H3. The van der Waals surface area contributed by atoms with Gasteiger partial charge in [0, 0.05) is 23.9 Å². The van der Waals surface area contributed by atoms with Crippen LogP contribution in [0.15, 0.2) is 24.7 Å². The highest BCUT2D eigenvalue weighted by Crippen LogP contribution is 2.26. The lowest BCUT2D eigenvalue weighted by Crippen LogP contribution is -2.04. The summed E-state index contributed by atoms with van der Waals surface area (Å²) in [5.41, 5.74) is 7.70. The lowest BCUT2D eigenvalue weighted by Gasteiger charge is -2.09. The Labute approximate surface area is 100 Å². The number of hydrogen-bond donors (Lipinski definition) is 1. The highest BCUT2D eigenvalue weighted by Gasteiger charge is 2.11. The van der Waals surface area contributed by atoms with Gasteiger partial charge in [0.15, 0.2) is 0 Å². The van der Waals surface area contributed by atoms with Crippen molar-refractivity contribution < 1.29 is 4.74 Å². The molecule has 5 heteroatoms. The van der Waals surface area contributed by atoms with E-state index < -0.39 is 0 Å². The largest absolute Gasteiger partial charge is 0.481 e. The van der Waals surface area contributed by atoms with Crippen molar-refractivity contribution in [1.82, 2.24) is 14.5 Å². The van der Waals surface area contributed by atoms with Crippen LogP contribution in [0, 0.1) is 0 Å². The van der Waals surface area contributed by atoms with Crippen molar-refractivity contribution in [3.63, 3.8) is 0 Å². The van der Waals surface area contributed by atoms with Crippen LogP contribution in [0.1, 0.15) is 19.9 Å². The number of imidazole rings is 1. The highest BCUT2D eigenvalue weighted by atomic mass is 16.5. The topological polar surface area (TPSA) is 66.0 Å². The fourth-order valence-corrected chi connectivity index (χ4v) is 1.65. The number of methoxy groups -OCH3 is 1. The van der Waals surface area contributed by atoms with Gasteiger partial charge in [-0.05, 0) is 19.9 Å². The van der Waals surface area contributed by atoms with Crippen LogP contribution in [-0.2, 0) is 0 Å². The van der Waals surface area contributed by atoms with Gasteiger partial charge in [-0.25, -0.2) is 9.97 Å². The van der Waals surface area contributed by atoms with E-state index in [9.17, 15) is 0 Å². The number of pyridine rings is 1. The van der Waals surface area contributed by atoms with E-state index in [1.807, 2.05) is 10.6 Å². The normalized spacial score (nSPS) is 10.8. The molecule has 0 radical (unpaired) electrons. The van der Waals surface area contributed by atoms with Crippen LogP contribution in [-0.4, -0.2) is 21.6 Å². The molecular formula is C12H16N4O. The van der Waals surface area contributed by atoms with Gasteiger partial charge in [0.05, 0.1) is 13.4 Å². The second-order valence-electron chi connectivity index (χ2n) is 4.07. The third-order valence-electron chi connectivity index (χ3n) is 2.61. The molecule has 0 fully saturated rings. The number of anilines is 1. The first-order valence-corrected chi connectivity index (χ1v) is 5.46. The molecule has 90 valence electrons. The lowest BCUT2D eigenvalue weighted by atomic mass is 10.2. The molecule has 0 saturated heterocycles. The Morgan fingerprint density at radius 1 is 1.29 bits per heavy atom. The molecule has 0 bridgehead atoms. The number of ether oxygens (including phenoxy) is 1. The van der Waals surface area contributed by atoms with Crippen molar-refractivity contribution in [3.05, 3.63) is 24.7 Å². The van der Waals surface area contributed by atoms with Gasteiger partial charge in [-0.3, -0.25) is 0 Å². The maximum Gasteiger partial charge on any atom is 0.212 e.